The second-order valence-electron chi connectivity index (χ2n) is 9.39. The molecule has 0 spiro atoms. The highest BCUT2D eigenvalue weighted by molar-refractivity contribution is 7.22. The molecule has 10 heteroatoms. The molecular weight excluding hydrogens is 559 g/mol. The van der Waals surface area contributed by atoms with Crippen LogP contribution in [0.25, 0.3) is 16.0 Å². The molecule has 2 heterocycles. The predicted octanol–water partition coefficient (Wildman–Crippen LogP) is 6.81. The number of benzene rings is 3. The Morgan fingerprint density at radius 2 is 1.83 bits per heavy atom. The Kier molecular flexibility index (Phi) is 8.53. The molecule has 5 rings (SSSR count). The number of amides is 1. The average Bonchev–Trinajstić information content (AvgIpc) is 3.52. The normalized spacial score (nSPS) is 16.2. The molecule has 8 nitrogen and oxygen atoms in total. The van der Waals surface area contributed by atoms with Gasteiger partial charge in [-0.15, -0.1) is 0 Å². The van der Waals surface area contributed by atoms with Crippen LogP contribution < -0.4 is 19.1 Å². The van der Waals surface area contributed by atoms with Crippen LogP contribution in [0.4, 0.5) is 9.52 Å². The highest BCUT2D eigenvalue weighted by Crippen LogP contribution is 2.46. The number of fused-ring (bicyclic) bond motifs is 1. The number of aliphatic hydroxyl groups is 1. The van der Waals surface area contributed by atoms with Gasteiger partial charge in [0.2, 0.25) is 0 Å². The number of rotatable bonds is 11. The minimum Gasteiger partial charge on any atom is -0.507 e. The third-order valence-corrected chi connectivity index (χ3v) is 7.55. The van der Waals surface area contributed by atoms with Gasteiger partial charge >= 0.3 is 5.91 Å². The van der Waals surface area contributed by atoms with Gasteiger partial charge in [-0.1, -0.05) is 37.0 Å². The fourth-order valence-electron chi connectivity index (χ4n) is 4.65. The summed E-state index contributed by atoms with van der Waals surface area (Å²) in [4.78, 5) is 33.0. The third-order valence-electron chi connectivity index (χ3n) is 6.53. The summed E-state index contributed by atoms with van der Waals surface area (Å²) in [6.07, 6.45) is 2.44. The number of hydrogen-bond acceptors (Lipinski definition) is 8. The quantitative estimate of drug-likeness (QED) is 0.0889. The molecule has 3 aromatic carbocycles. The summed E-state index contributed by atoms with van der Waals surface area (Å²) < 4.78 is 31.7. The van der Waals surface area contributed by atoms with E-state index in [4.69, 9.17) is 14.2 Å². The maximum atomic E-state index is 14.0. The molecule has 1 fully saturated rings. The Morgan fingerprint density at radius 1 is 1.05 bits per heavy atom. The number of Topliss-reactive ketones (excluding diaryl/α,β-unsaturated/α-hetero) is 1. The number of ether oxygens (including phenoxy) is 3. The van der Waals surface area contributed by atoms with Crippen molar-refractivity contribution < 1.29 is 33.3 Å². The Hall–Kier alpha value is -4.70. The molecule has 1 amide bonds. The summed E-state index contributed by atoms with van der Waals surface area (Å²) >= 11 is 1.07. The maximum absolute atomic E-state index is 14.0. The van der Waals surface area contributed by atoms with E-state index in [1.54, 1.807) is 48.5 Å². The topological polar surface area (TPSA) is 98.2 Å². The van der Waals surface area contributed by atoms with Crippen LogP contribution in [0.15, 0.2) is 78.9 Å². The largest absolute Gasteiger partial charge is 0.507 e. The van der Waals surface area contributed by atoms with E-state index >= 15 is 0 Å². The lowest BCUT2D eigenvalue weighted by molar-refractivity contribution is -0.132. The number of ketones is 1. The molecule has 1 aliphatic heterocycles. The van der Waals surface area contributed by atoms with Crippen molar-refractivity contribution >= 4 is 44.1 Å². The van der Waals surface area contributed by atoms with Gasteiger partial charge in [0, 0.05) is 5.56 Å². The number of anilines is 1. The van der Waals surface area contributed by atoms with Crippen molar-refractivity contribution in [3.63, 3.8) is 0 Å². The van der Waals surface area contributed by atoms with Crippen LogP contribution in [0.5, 0.6) is 17.2 Å². The van der Waals surface area contributed by atoms with Crippen molar-refractivity contribution in [2.24, 2.45) is 0 Å². The first-order chi connectivity index (χ1) is 20.4. The lowest BCUT2D eigenvalue weighted by Crippen LogP contribution is -2.29. The zero-order chi connectivity index (χ0) is 29.8. The molecule has 0 saturated carbocycles. The minimum absolute atomic E-state index is 0.116. The number of aliphatic hydroxyl groups excluding tert-OH is 1. The van der Waals surface area contributed by atoms with Crippen LogP contribution in [0.3, 0.4) is 0 Å². The van der Waals surface area contributed by atoms with Crippen LogP contribution in [0, 0.1) is 5.82 Å². The van der Waals surface area contributed by atoms with Crippen molar-refractivity contribution in [3.8, 4) is 17.2 Å². The van der Waals surface area contributed by atoms with Crippen molar-refractivity contribution in [3.05, 3.63) is 95.8 Å². The van der Waals surface area contributed by atoms with Crippen LogP contribution in [0.2, 0.25) is 0 Å². The van der Waals surface area contributed by atoms with Gasteiger partial charge < -0.3 is 19.3 Å². The van der Waals surface area contributed by atoms with E-state index in [9.17, 15) is 19.1 Å². The summed E-state index contributed by atoms with van der Waals surface area (Å²) in [5, 5.41) is 11.7. The van der Waals surface area contributed by atoms with Crippen LogP contribution in [0.1, 0.15) is 37.4 Å². The molecule has 1 saturated heterocycles. The SMILES string of the molecule is C=CCOc1ccc(C2/C(=C(\O)c3ccc(OCCC)cc3)C(=O)C(=O)N2c2nc3ccc(F)cc3s2)cc1OCC. The molecule has 1 N–H and O–H groups in total. The van der Waals surface area contributed by atoms with Crippen molar-refractivity contribution in [2.45, 2.75) is 26.3 Å². The molecule has 216 valence electrons. The lowest BCUT2D eigenvalue weighted by Gasteiger charge is -2.24. The summed E-state index contributed by atoms with van der Waals surface area (Å²) in [6.45, 7) is 8.62. The van der Waals surface area contributed by atoms with E-state index in [1.807, 2.05) is 13.8 Å². The zero-order valence-corrected chi connectivity index (χ0v) is 23.9. The van der Waals surface area contributed by atoms with Gasteiger partial charge in [0.15, 0.2) is 16.6 Å². The monoisotopic (exact) mass is 588 g/mol. The Morgan fingerprint density at radius 3 is 2.55 bits per heavy atom. The first-order valence-corrected chi connectivity index (χ1v) is 14.3. The number of nitrogens with zero attached hydrogens (tertiary/aromatic N) is 2. The summed E-state index contributed by atoms with van der Waals surface area (Å²) in [6, 6.07) is 14.7. The van der Waals surface area contributed by atoms with E-state index < -0.39 is 23.5 Å². The van der Waals surface area contributed by atoms with Gasteiger partial charge in [-0.05, 0) is 73.5 Å². The highest BCUT2D eigenvalue weighted by atomic mass is 32.1. The minimum atomic E-state index is -1.06. The van der Waals surface area contributed by atoms with Gasteiger partial charge in [-0.3, -0.25) is 14.5 Å². The highest BCUT2D eigenvalue weighted by Gasteiger charge is 2.48. The zero-order valence-electron chi connectivity index (χ0n) is 23.1. The molecule has 1 unspecified atom stereocenters. The molecule has 1 aromatic heterocycles. The van der Waals surface area contributed by atoms with Crippen molar-refractivity contribution in [2.75, 3.05) is 24.7 Å². The molecule has 4 aromatic rings. The van der Waals surface area contributed by atoms with E-state index in [0.29, 0.717) is 51.8 Å². The van der Waals surface area contributed by atoms with Gasteiger partial charge in [-0.25, -0.2) is 9.37 Å². The molecular formula is C32H29FN2O6S. The van der Waals surface area contributed by atoms with Crippen molar-refractivity contribution in [1.82, 2.24) is 4.98 Å². The van der Waals surface area contributed by atoms with E-state index in [0.717, 1.165) is 17.8 Å². The second-order valence-corrected chi connectivity index (χ2v) is 10.4. The van der Waals surface area contributed by atoms with Crippen LogP contribution in [-0.4, -0.2) is 41.6 Å². The number of aromatic nitrogens is 1. The Bertz CT molecular complexity index is 1680. The van der Waals surface area contributed by atoms with Gasteiger partial charge in [0.1, 0.15) is 23.9 Å². The first-order valence-electron chi connectivity index (χ1n) is 13.5. The van der Waals surface area contributed by atoms with E-state index in [2.05, 4.69) is 11.6 Å². The number of halogens is 1. The van der Waals surface area contributed by atoms with E-state index in [1.165, 1.54) is 23.1 Å². The summed E-state index contributed by atoms with van der Waals surface area (Å²) in [5.41, 5.74) is 1.18. The van der Waals surface area contributed by atoms with Gasteiger partial charge in [0.05, 0.1) is 35.0 Å². The number of carbonyl (C=O) groups excluding carboxylic acids is 2. The van der Waals surface area contributed by atoms with Gasteiger partial charge in [-0.2, -0.15) is 0 Å². The first kappa shape index (κ1) is 28.8. The summed E-state index contributed by atoms with van der Waals surface area (Å²) in [5.74, 6) is -1.07. The molecule has 1 aliphatic rings. The lowest BCUT2D eigenvalue weighted by atomic mass is 9.95. The fraction of sp³-hybridized carbons (Fsp3) is 0.219. The Balaban J connectivity index is 1.67. The molecule has 0 bridgehead atoms. The van der Waals surface area contributed by atoms with E-state index in [-0.39, 0.29) is 23.1 Å². The molecule has 0 radical (unpaired) electrons. The maximum Gasteiger partial charge on any atom is 0.301 e. The van der Waals surface area contributed by atoms with Crippen LogP contribution >= 0.6 is 11.3 Å². The molecule has 42 heavy (non-hydrogen) atoms. The number of carbonyl (C=O) groups is 2. The molecule has 0 aliphatic carbocycles. The number of thiazole rings is 1. The van der Waals surface area contributed by atoms with Crippen molar-refractivity contribution in [1.29, 1.82) is 0 Å². The molecule has 1 atom stereocenters. The smallest absolute Gasteiger partial charge is 0.301 e. The summed E-state index contributed by atoms with van der Waals surface area (Å²) in [7, 11) is 0. The van der Waals surface area contributed by atoms with Crippen LogP contribution in [-0.2, 0) is 9.59 Å². The fourth-order valence-corrected chi connectivity index (χ4v) is 5.67. The Labute approximate surface area is 246 Å². The predicted molar refractivity (Wildman–Crippen MR) is 160 cm³/mol. The number of hydrogen-bond donors (Lipinski definition) is 1. The standard InChI is InChI=1S/C32H29FN2O6S/c1-4-15-40-22-11-7-19(8-12-22)29(36)27-28(20-9-14-24(41-16-5-2)25(17-20)39-6-3)35(31(38)30(27)37)32-34-23-13-10-21(33)18-26(23)42-32/h5,7-14,17-18,28,36H,2,4,6,15-16H2,1,3H3/b29-27+. The average molecular weight is 589 g/mol. The second kappa shape index (κ2) is 12.4. The third kappa shape index (κ3) is 5.58. The van der Waals surface area contributed by atoms with Gasteiger partial charge in [0.25, 0.3) is 5.78 Å².